The number of H-pyrrole nitrogens is 1. The second-order valence-corrected chi connectivity index (χ2v) is 14.1. The second-order valence-electron chi connectivity index (χ2n) is 14.1. The van der Waals surface area contributed by atoms with Gasteiger partial charge in [-0.15, -0.1) is 0 Å². The number of aromatic nitrogens is 1. The van der Waals surface area contributed by atoms with Crippen molar-refractivity contribution in [3.05, 3.63) is 35.5 Å². The number of amides is 8. The van der Waals surface area contributed by atoms with Crippen LogP contribution in [0.5, 0.6) is 0 Å². The molecule has 8 amide bonds. The summed E-state index contributed by atoms with van der Waals surface area (Å²) in [5.41, 5.74) is 8.87. The van der Waals surface area contributed by atoms with E-state index in [4.69, 9.17) is 15.9 Å². The van der Waals surface area contributed by atoms with Crippen LogP contribution in [-0.2, 0) is 54.4 Å². The second kappa shape index (κ2) is 24.4. The van der Waals surface area contributed by atoms with Crippen molar-refractivity contribution in [1.82, 2.24) is 47.5 Å². The number of aromatic amines is 1. The first-order valence-corrected chi connectivity index (χ1v) is 19.0. The average Bonchev–Trinajstić information content (AvgIpc) is 3.61. The Morgan fingerprint density at radius 2 is 1.26 bits per heavy atom. The van der Waals surface area contributed by atoms with Gasteiger partial charge in [-0.05, 0) is 51.7 Å². The van der Waals surface area contributed by atoms with Crippen LogP contribution in [0.4, 0.5) is 0 Å². The highest BCUT2D eigenvalue weighted by atomic mass is 16.4. The van der Waals surface area contributed by atoms with Crippen molar-refractivity contribution in [2.24, 2.45) is 5.73 Å². The standard InChI is InChI=1S/C37H54N10O14/c1-17-6-5-7-22-21(12-40-31(17)22)11-23(38)34(57)43-19(3)32(55)41-13-27(50)39-14-28(51)46-25(10-18(2)49)36(59)44-20(4)33(56)47-26(16-48)35(58)42-15-29(52)45-24(37(60)61)8-9-30(53)54/h5-7,12,18-20,23-26,40,48-49H,8-11,13-16,38H2,1-4H3,(H,39,50)(H,41,55)(H,42,58)(H,43,57)(H,44,59)(H,45,52)(H,46,51)(H,47,56)(H,53,54)(H,60,61)/t18?,19-,20-,23-,24-,25-,26-/m0/s1. The van der Waals surface area contributed by atoms with E-state index in [2.05, 4.69) is 42.2 Å². The Bertz CT molecular complexity index is 1940. The number of hydrogen-bond acceptors (Lipinski definition) is 13. The zero-order chi connectivity index (χ0) is 46.0. The number of carboxylic acids is 2. The van der Waals surface area contributed by atoms with Gasteiger partial charge < -0.3 is 73.7 Å². The van der Waals surface area contributed by atoms with E-state index in [9.17, 15) is 58.2 Å². The Morgan fingerprint density at radius 3 is 1.87 bits per heavy atom. The van der Waals surface area contributed by atoms with Gasteiger partial charge in [-0.2, -0.15) is 0 Å². The fraction of sp³-hybridized carbons (Fsp3) is 0.514. The van der Waals surface area contributed by atoms with Gasteiger partial charge >= 0.3 is 11.9 Å². The molecular weight excluding hydrogens is 808 g/mol. The van der Waals surface area contributed by atoms with Gasteiger partial charge in [0, 0.05) is 29.9 Å². The first kappa shape index (κ1) is 50.5. The molecule has 7 atom stereocenters. The number of nitrogens with two attached hydrogens (primary N) is 1. The van der Waals surface area contributed by atoms with E-state index in [0.717, 1.165) is 22.0 Å². The van der Waals surface area contributed by atoms with Crippen LogP contribution in [-0.4, -0.2) is 153 Å². The number of carbonyl (C=O) groups excluding carboxylic acids is 8. The lowest BCUT2D eigenvalue weighted by atomic mass is 10.0. The van der Waals surface area contributed by atoms with Gasteiger partial charge in [0.1, 0.15) is 30.2 Å². The molecule has 0 aliphatic rings. The number of aliphatic hydroxyl groups is 2. The summed E-state index contributed by atoms with van der Waals surface area (Å²) < 4.78 is 0. The van der Waals surface area contributed by atoms with E-state index in [0.29, 0.717) is 0 Å². The maximum Gasteiger partial charge on any atom is 0.326 e. The Balaban J connectivity index is 1.81. The predicted molar refractivity (Wildman–Crippen MR) is 213 cm³/mol. The molecule has 0 saturated carbocycles. The molecule has 1 aromatic carbocycles. The largest absolute Gasteiger partial charge is 0.481 e. The molecule has 2 aromatic rings. The summed E-state index contributed by atoms with van der Waals surface area (Å²) >= 11 is 0. The number of aliphatic hydroxyl groups excluding tert-OH is 2. The topological polar surface area (TPSA) is 390 Å². The normalized spacial score (nSPS) is 14.3. The van der Waals surface area contributed by atoms with Crippen LogP contribution in [0.25, 0.3) is 10.9 Å². The number of para-hydroxylation sites is 1. The van der Waals surface area contributed by atoms with Gasteiger partial charge in [-0.1, -0.05) is 18.2 Å². The minimum Gasteiger partial charge on any atom is -0.481 e. The quantitative estimate of drug-likeness (QED) is 0.0444. The van der Waals surface area contributed by atoms with Crippen LogP contribution >= 0.6 is 0 Å². The molecule has 24 heteroatoms. The fourth-order valence-electron chi connectivity index (χ4n) is 5.56. The molecule has 61 heavy (non-hydrogen) atoms. The molecule has 1 aromatic heterocycles. The van der Waals surface area contributed by atoms with Crippen LogP contribution in [0.2, 0.25) is 0 Å². The monoisotopic (exact) mass is 862 g/mol. The first-order valence-electron chi connectivity index (χ1n) is 19.0. The van der Waals surface area contributed by atoms with E-state index < -0.39 is 141 Å². The first-order chi connectivity index (χ1) is 28.6. The molecule has 1 heterocycles. The number of aryl methyl sites for hydroxylation is 1. The van der Waals surface area contributed by atoms with E-state index >= 15 is 0 Å². The number of aliphatic carboxylic acids is 2. The van der Waals surface area contributed by atoms with Crippen LogP contribution in [0.1, 0.15) is 51.2 Å². The molecule has 2 rings (SSSR count). The van der Waals surface area contributed by atoms with Gasteiger partial charge in [0.25, 0.3) is 0 Å². The van der Waals surface area contributed by atoms with Crippen molar-refractivity contribution < 1.29 is 68.4 Å². The molecular formula is C37H54N10O14. The summed E-state index contributed by atoms with van der Waals surface area (Å²) in [6, 6.07) is -2.36. The highest BCUT2D eigenvalue weighted by Crippen LogP contribution is 2.22. The van der Waals surface area contributed by atoms with Crippen molar-refractivity contribution in [3.8, 4) is 0 Å². The number of benzene rings is 1. The van der Waals surface area contributed by atoms with E-state index in [-0.39, 0.29) is 12.8 Å². The number of rotatable bonds is 25. The third-order valence-electron chi connectivity index (χ3n) is 8.91. The zero-order valence-electron chi connectivity index (χ0n) is 34.0. The van der Waals surface area contributed by atoms with Crippen molar-refractivity contribution >= 4 is 70.1 Å². The fourth-order valence-corrected chi connectivity index (χ4v) is 5.56. The van der Waals surface area contributed by atoms with Crippen molar-refractivity contribution in [3.63, 3.8) is 0 Å². The highest BCUT2D eigenvalue weighted by molar-refractivity contribution is 5.96. The molecule has 24 nitrogen and oxygen atoms in total. The van der Waals surface area contributed by atoms with Crippen molar-refractivity contribution in [2.45, 2.75) is 95.7 Å². The summed E-state index contributed by atoms with van der Waals surface area (Å²) in [5, 5.41) is 56.3. The van der Waals surface area contributed by atoms with Crippen molar-refractivity contribution in [2.75, 3.05) is 26.2 Å². The highest BCUT2D eigenvalue weighted by Gasteiger charge is 2.29. The van der Waals surface area contributed by atoms with Crippen LogP contribution in [0, 0.1) is 6.92 Å². The lowest BCUT2D eigenvalue weighted by molar-refractivity contribution is -0.143. The minimum absolute atomic E-state index is 0.195. The zero-order valence-corrected chi connectivity index (χ0v) is 34.0. The Morgan fingerprint density at radius 1 is 0.689 bits per heavy atom. The van der Waals surface area contributed by atoms with Crippen LogP contribution in [0.15, 0.2) is 24.4 Å². The molecule has 0 aliphatic heterocycles. The Kier molecular flexibility index (Phi) is 20.2. The molecule has 0 spiro atoms. The maximum atomic E-state index is 13.0. The Hall–Kier alpha value is -6.66. The third-order valence-corrected chi connectivity index (χ3v) is 8.91. The van der Waals surface area contributed by atoms with Crippen LogP contribution in [0.3, 0.4) is 0 Å². The lowest BCUT2D eigenvalue weighted by Crippen LogP contribution is -2.58. The van der Waals surface area contributed by atoms with E-state index in [1.54, 1.807) is 6.20 Å². The molecule has 0 bridgehead atoms. The molecule has 336 valence electrons. The summed E-state index contributed by atoms with van der Waals surface area (Å²) in [4.78, 5) is 126. The van der Waals surface area contributed by atoms with Gasteiger partial charge in [-0.25, -0.2) is 4.79 Å². The molecule has 15 N–H and O–H groups in total. The number of carboxylic acid groups (broad SMARTS) is 2. The van der Waals surface area contributed by atoms with Gasteiger partial charge in [0.15, 0.2) is 0 Å². The summed E-state index contributed by atoms with van der Waals surface area (Å²) in [6.45, 7) is 2.81. The molecule has 1 unspecified atom stereocenters. The van der Waals surface area contributed by atoms with E-state index in [1.807, 2.05) is 30.4 Å². The van der Waals surface area contributed by atoms with Gasteiger partial charge in [0.05, 0.1) is 38.4 Å². The predicted octanol–water partition coefficient (Wildman–Crippen LogP) is -5.13. The summed E-state index contributed by atoms with van der Waals surface area (Å²) in [5.74, 6) is -9.85. The minimum atomic E-state index is -1.64. The summed E-state index contributed by atoms with van der Waals surface area (Å²) in [6.07, 6.45) is -0.504. The SMILES string of the molecule is Cc1cccc2c(C[C@H](N)C(=O)N[C@@H](C)C(=O)NCC(=O)NCC(=O)N[C@@H](CC(C)O)C(=O)N[C@@H](C)C(=O)N[C@@H](CO)C(=O)NCC(=O)N[C@@H](CCC(=O)O)C(=O)O)c[nH]c12. The van der Waals surface area contributed by atoms with Gasteiger partial charge in [-0.3, -0.25) is 43.2 Å². The van der Waals surface area contributed by atoms with Crippen molar-refractivity contribution in [1.29, 1.82) is 0 Å². The average molecular weight is 863 g/mol. The third kappa shape index (κ3) is 17.2. The molecule has 0 fully saturated rings. The van der Waals surface area contributed by atoms with Crippen LogP contribution < -0.4 is 48.3 Å². The smallest absolute Gasteiger partial charge is 0.326 e. The number of carbonyl (C=O) groups is 10. The number of nitrogens with one attached hydrogen (secondary N) is 9. The van der Waals surface area contributed by atoms with Gasteiger partial charge in [0.2, 0.25) is 47.3 Å². The number of hydrogen-bond donors (Lipinski definition) is 14. The lowest BCUT2D eigenvalue weighted by Gasteiger charge is -2.23. The number of fused-ring (bicyclic) bond motifs is 1. The maximum absolute atomic E-state index is 13.0. The summed E-state index contributed by atoms with van der Waals surface area (Å²) in [7, 11) is 0. The molecule has 0 radical (unpaired) electrons. The molecule has 0 saturated heterocycles. The van der Waals surface area contributed by atoms with E-state index in [1.165, 1.54) is 20.8 Å². The molecule has 0 aliphatic carbocycles. The Labute approximate surface area is 348 Å².